The highest BCUT2D eigenvalue weighted by molar-refractivity contribution is 5.92. The van der Waals surface area contributed by atoms with Crippen LogP contribution in [-0.4, -0.2) is 10.9 Å². The third kappa shape index (κ3) is 3.07. The number of nitrogens with one attached hydrogen (secondary N) is 2. The topological polar surface area (TPSA) is 67.2 Å². The molecule has 0 fully saturated rings. The minimum Gasteiger partial charge on any atom is -0.444 e. The molecule has 1 aromatic heterocycles. The number of aromatic nitrogens is 1. The molecular formula is C16H19N3O2. The van der Waals surface area contributed by atoms with Gasteiger partial charge < -0.3 is 15.1 Å². The molecule has 2 aromatic rings. The Morgan fingerprint density at radius 2 is 2.24 bits per heavy atom. The Labute approximate surface area is 123 Å². The van der Waals surface area contributed by atoms with E-state index in [9.17, 15) is 4.79 Å². The molecule has 110 valence electrons. The van der Waals surface area contributed by atoms with Gasteiger partial charge in [0.1, 0.15) is 11.8 Å². The first kappa shape index (κ1) is 13.7. The molecule has 0 bridgehead atoms. The summed E-state index contributed by atoms with van der Waals surface area (Å²) in [4.78, 5) is 15.8. The molecule has 5 nitrogen and oxygen atoms in total. The van der Waals surface area contributed by atoms with Gasteiger partial charge in [-0.3, -0.25) is 4.79 Å². The lowest BCUT2D eigenvalue weighted by Crippen LogP contribution is -2.10. The first-order valence-corrected chi connectivity index (χ1v) is 7.23. The smallest absolute Gasteiger partial charge is 0.224 e. The van der Waals surface area contributed by atoms with E-state index in [1.807, 2.05) is 26.0 Å². The van der Waals surface area contributed by atoms with Gasteiger partial charge in [-0.15, -0.1) is 0 Å². The molecule has 1 amide bonds. The van der Waals surface area contributed by atoms with Gasteiger partial charge in [0.05, 0.1) is 6.20 Å². The summed E-state index contributed by atoms with van der Waals surface area (Å²) in [6, 6.07) is 6.01. The normalized spacial score (nSPS) is 15.8. The fourth-order valence-electron chi connectivity index (χ4n) is 2.55. The highest BCUT2D eigenvalue weighted by atomic mass is 16.4. The lowest BCUT2D eigenvalue weighted by Gasteiger charge is -2.14. The van der Waals surface area contributed by atoms with Crippen LogP contribution in [0.1, 0.15) is 43.0 Å². The summed E-state index contributed by atoms with van der Waals surface area (Å²) >= 11 is 0. The van der Waals surface area contributed by atoms with E-state index < -0.39 is 0 Å². The molecule has 1 aromatic carbocycles. The number of oxazole rings is 1. The molecule has 0 saturated carbocycles. The van der Waals surface area contributed by atoms with Crippen LogP contribution in [0.4, 0.5) is 11.4 Å². The predicted octanol–water partition coefficient (Wildman–Crippen LogP) is 3.43. The van der Waals surface area contributed by atoms with Crippen LogP contribution < -0.4 is 10.6 Å². The summed E-state index contributed by atoms with van der Waals surface area (Å²) < 4.78 is 5.53. The Hall–Kier alpha value is -2.30. The fourth-order valence-corrected chi connectivity index (χ4v) is 2.55. The summed E-state index contributed by atoms with van der Waals surface area (Å²) in [5.41, 5.74) is 3.09. The van der Waals surface area contributed by atoms with Crippen molar-refractivity contribution >= 4 is 17.3 Å². The minimum absolute atomic E-state index is 0.00267. The average molecular weight is 285 g/mol. The number of nitrogens with zero attached hydrogens (tertiary/aromatic N) is 1. The molecule has 0 radical (unpaired) electrons. The van der Waals surface area contributed by atoms with Gasteiger partial charge in [-0.2, -0.15) is 0 Å². The number of fused-ring (bicyclic) bond motifs is 1. The Balaban J connectivity index is 1.77. The molecule has 3 rings (SSSR count). The van der Waals surface area contributed by atoms with Crippen LogP contribution in [0.3, 0.4) is 0 Å². The summed E-state index contributed by atoms with van der Waals surface area (Å²) in [5.74, 6) is 1.58. The van der Waals surface area contributed by atoms with Crippen molar-refractivity contribution in [2.75, 3.05) is 10.6 Å². The zero-order chi connectivity index (χ0) is 14.8. The van der Waals surface area contributed by atoms with Crippen molar-refractivity contribution in [2.45, 2.75) is 39.2 Å². The zero-order valence-electron chi connectivity index (χ0n) is 12.3. The second-order valence-corrected chi connectivity index (χ2v) is 5.45. The largest absolute Gasteiger partial charge is 0.444 e. The van der Waals surface area contributed by atoms with Crippen LogP contribution in [0.5, 0.6) is 0 Å². The molecule has 2 N–H and O–H groups in total. The molecule has 2 heterocycles. The van der Waals surface area contributed by atoms with E-state index >= 15 is 0 Å². The number of rotatable bonds is 3. The van der Waals surface area contributed by atoms with Crippen LogP contribution >= 0.6 is 0 Å². The second kappa shape index (κ2) is 5.60. The maximum Gasteiger partial charge on any atom is 0.224 e. The van der Waals surface area contributed by atoms with Crippen LogP contribution in [0.15, 0.2) is 28.8 Å². The summed E-state index contributed by atoms with van der Waals surface area (Å²) in [6.45, 7) is 3.90. The molecule has 0 aliphatic carbocycles. The quantitative estimate of drug-likeness (QED) is 0.906. The summed E-state index contributed by atoms with van der Waals surface area (Å²) in [6.07, 6.45) is 4.11. The number of amides is 1. The molecular weight excluding hydrogens is 266 g/mol. The molecule has 21 heavy (non-hydrogen) atoms. The van der Waals surface area contributed by atoms with Crippen LogP contribution in [0, 0.1) is 6.92 Å². The van der Waals surface area contributed by atoms with Crippen LogP contribution in [-0.2, 0) is 11.2 Å². The highest BCUT2D eigenvalue weighted by Gasteiger charge is 2.15. The number of carbonyl (C=O) groups is 1. The van der Waals surface area contributed by atoms with Crippen molar-refractivity contribution < 1.29 is 9.21 Å². The predicted molar refractivity (Wildman–Crippen MR) is 81.3 cm³/mol. The second-order valence-electron chi connectivity index (χ2n) is 5.45. The van der Waals surface area contributed by atoms with Crippen molar-refractivity contribution in [3.63, 3.8) is 0 Å². The van der Waals surface area contributed by atoms with Gasteiger partial charge in [-0.25, -0.2) is 4.98 Å². The van der Waals surface area contributed by atoms with E-state index in [-0.39, 0.29) is 11.9 Å². The van der Waals surface area contributed by atoms with Gasteiger partial charge >= 0.3 is 0 Å². The maximum absolute atomic E-state index is 11.5. The van der Waals surface area contributed by atoms with Gasteiger partial charge in [0.25, 0.3) is 0 Å². The van der Waals surface area contributed by atoms with Gasteiger partial charge in [0.2, 0.25) is 11.8 Å². The average Bonchev–Trinajstić information content (AvgIpc) is 2.79. The van der Waals surface area contributed by atoms with E-state index in [1.54, 1.807) is 6.20 Å². The standard InChI is InChI=1S/C16H19N3O2/c1-10-9-17-16(21-10)11(2)18-13-6-7-14-12(8-13)4-3-5-15(20)19-14/h6-9,11,18H,3-5H2,1-2H3,(H,19,20). The molecule has 0 spiro atoms. The molecule has 5 heteroatoms. The molecule has 1 unspecified atom stereocenters. The number of anilines is 2. The number of hydrogen-bond acceptors (Lipinski definition) is 4. The van der Waals surface area contributed by atoms with E-state index in [2.05, 4.69) is 21.7 Å². The van der Waals surface area contributed by atoms with E-state index in [0.29, 0.717) is 12.3 Å². The van der Waals surface area contributed by atoms with Gasteiger partial charge in [-0.05, 0) is 50.5 Å². The molecule has 0 saturated heterocycles. The van der Waals surface area contributed by atoms with Gasteiger partial charge in [0, 0.05) is 17.8 Å². The minimum atomic E-state index is -0.00267. The van der Waals surface area contributed by atoms with E-state index in [0.717, 1.165) is 30.0 Å². The van der Waals surface area contributed by atoms with Crippen molar-refractivity contribution in [3.8, 4) is 0 Å². The number of benzene rings is 1. The Morgan fingerprint density at radius 3 is 3.00 bits per heavy atom. The summed E-state index contributed by atoms with van der Waals surface area (Å²) in [7, 11) is 0. The number of aryl methyl sites for hydroxylation is 2. The Morgan fingerprint density at radius 1 is 1.38 bits per heavy atom. The van der Waals surface area contributed by atoms with E-state index in [1.165, 1.54) is 5.56 Å². The van der Waals surface area contributed by atoms with Crippen molar-refractivity contribution in [3.05, 3.63) is 41.6 Å². The first-order chi connectivity index (χ1) is 10.1. The molecule has 1 aliphatic rings. The van der Waals surface area contributed by atoms with Gasteiger partial charge in [0.15, 0.2) is 0 Å². The van der Waals surface area contributed by atoms with Crippen LogP contribution in [0.25, 0.3) is 0 Å². The highest BCUT2D eigenvalue weighted by Crippen LogP contribution is 2.27. The number of carbonyl (C=O) groups excluding carboxylic acids is 1. The molecule has 1 aliphatic heterocycles. The first-order valence-electron chi connectivity index (χ1n) is 7.23. The fraction of sp³-hybridized carbons (Fsp3) is 0.375. The molecule has 1 atom stereocenters. The van der Waals surface area contributed by atoms with Crippen molar-refractivity contribution in [1.29, 1.82) is 0 Å². The number of hydrogen-bond donors (Lipinski definition) is 2. The van der Waals surface area contributed by atoms with Gasteiger partial charge in [-0.1, -0.05) is 0 Å². The summed E-state index contributed by atoms with van der Waals surface area (Å²) in [5, 5.41) is 6.32. The van der Waals surface area contributed by atoms with E-state index in [4.69, 9.17) is 4.42 Å². The van der Waals surface area contributed by atoms with Crippen LogP contribution in [0.2, 0.25) is 0 Å². The Kier molecular flexibility index (Phi) is 3.64. The van der Waals surface area contributed by atoms with Crippen molar-refractivity contribution in [1.82, 2.24) is 4.98 Å². The Bertz CT molecular complexity index is 663. The monoisotopic (exact) mass is 285 g/mol. The SMILES string of the molecule is Cc1cnc(C(C)Nc2ccc3c(c2)CCCC(=O)N3)o1. The maximum atomic E-state index is 11.5. The third-order valence-electron chi connectivity index (χ3n) is 3.62. The third-order valence-corrected chi connectivity index (χ3v) is 3.62. The lowest BCUT2D eigenvalue weighted by molar-refractivity contribution is -0.116. The van der Waals surface area contributed by atoms with Crippen molar-refractivity contribution in [2.24, 2.45) is 0 Å². The zero-order valence-corrected chi connectivity index (χ0v) is 12.3. The lowest BCUT2D eigenvalue weighted by atomic mass is 10.1.